The number of hydrogen-bond donors (Lipinski definition) is 0. The summed E-state index contributed by atoms with van der Waals surface area (Å²) < 4.78 is 2.61. The molecule has 0 unspecified atom stereocenters. The second-order valence-corrected chi connectivity index (χ2v) is 15.5. The summed E-state index contributed by atoms with van der Waals surface area (Å²) in [4.78, 5) is 2.45. The van der Waals surface area contributed by atoms with Gasteiger partial charge < -0.3 is 4.90 Å². The molecule has 2 aliphatic rings. The maximum absolute atomic E-state index is 2.48. The highest BCUT2D eigenvalue weighted by molar-refractivity contribution is 7.26. The number of nitrogens with zero attached hydrogens (tertiary/aromatic N) is 1. The molecule has 2 heteroatoms. The van der Waals surface area contributed by atoms with E-state index in [2.05, 4.69) is 193 Å². The Hall–Kier alpha value is -6.48. The lowest BCUT2D eigenvalue weighted by Gasteiger charge is -2.32. The molecule has 10 aromatic rings. The van der Waals surface area contributed by atoms with Crippen LogP contribution in [0.4, 0.5) is 17.1 Å². The first-order chi connectivity index (χ1) is 26.3. The zero-order valence-corrected chi connectivity index (χ0v) is 29.6. The highest BCUT2D eigenvalue weighted by Crippen LogP contribution is 2.64. The van der Waals surface area contributed by atoms with Crippen molar-refractivity contribution in [3.8, 4) is 22.3 Å². The fourth-order valence-electron chi connectivity index (χ4n) is 9.70. The molecule has 0 amide bonds. The maximum Gasteiger partial charge on any atom is 0.0731 e. The molecule has 1 aromatic heterocycles. The summed E-state index contributed by atoms with van der Waals surface area (Å²) in [5, 5.41) is 7.70. The van der Waals surface area contributed by atoms with Gasteiger partial charge in [0.05, 0.1) is 15.8 Å². The molecule has 0 radical (unpaired) electrons. The molecule has 246 valence electrons. The first kappa shape index (κ1) is 29.1. The molecule has 53 heavy (non-hydrogen) atoms. The third-order valence-electron chi connectivity index (χ3n) is 11.8. The van der Waals surface area contributed by atoms with E-state index < -0.39 is 5.41 Å². The monoisotopic (exact) mass is 689 g/mol. The van der Waals surface area contributed by atoms with E-state index in [9.17, 15) is 0 Å². The van der Waals surface area contributed by atoms with Gasteiger partial charge in [0.1, 0.15) is 0 Å². The fourth-order valence-corrected chi connectivity index (χ4v) is 10.9. The van der Waals surface area contributed by atoms with Gasteiger partial charge in [0, 0.05) is 26.8 Å². The van der Waals surface area contributed by atoms with E-state index >= 15 is 0 Å². The van der Waals surface area contributed by atoms with Gasteiger partial charge in [-0.05, 0) is 115 Å². The van der Waals surface area contributed by atoms with Crippen molar-refractivity contribution < 1.29 is 0 Å². The fraction of sp³-hybridized carbons (Fsp3) is 0.0196. The molecule has 0 atom stereocenters. The van der Waals surface area contributed by atoms with Crippen LogP contribution in [0.1, 0.15) is 22.3 Å². The van der Waals surface area contributed by atoms with E-state index in [0.717, 1.165) is 11.4 Å². The lowest BCUT2D eigenvalue weighted by Crippen LogP contribution is -2.26. The minimum absolute atomic E-state index is 0.426. The summed E-state index contributed by atoms with van der Waals surface area (Å²) in [7, 11) is 0. The average molecular weight is 690 g/mol. The molecule has 0 N–H and O–H groups in total. The van der Waals surface area contributed by atoms with Crippen LogP contribution in [0, 0.1) is 0 Å². The Kier molecular flexibility index (Phi) is 5.92. The van der Waals surface area contributed by atoms with Crippen LogP contribution in [0.3, 0.4) is 0 Å². The molecule has 0 bridgehead atoms. The van der Waals surface area contributed by atoms with Crippen molar-refractivity contribution in [2.75, 3.05) is 4.90 Å². The van der Waals surface area contributed by atoms with Crippen LogP contribution in [0.2, 0.25) is 0 Å². The molecule has 2 aliphatic carbocycles. The Labute approximate surface area is 311 Å². The molecule has 1 spiro atoms. The lowest BCUT2D eigenvalue weighted by atomic mass is 9.69. The maximum atomic E-state index is 2.48. The second kappa shape index (κ2) is 10.8. The van der Waals surface area contributed by atoms with E-state index in [1.54, 1.807) is 0 Å². The highest BCUT2D eigenvalue weighted by atomic mass is 32.1. The third-order valence-corrected chi connectivity index (χ3v) is 13.0. The average Bonchev–Trinajstić information content (AvgIpc) is 3.85. The van der Waals surface area contributed by atoms with Gasteiger partial charge in [-0.2, -0.15) is 0 Å². The number of anilines is 3. The standard InChI is InChI=1S/C51H31NS/c1-2-15-35(16-3-1)52(47-23-12-20-42-40-19-8-11-24-48(40)53-50(42)47)36-26-28-37-34(29-36)25-27-41-43-30-32-13-4-5-14-33(32)31-46(43)51(49(37)41)44-21-9-6-17-38(44)39-18-7-10-22-45(39)51/h1-31H. The number of thiophene rings is 1. The molecule has 1 nitrogen and oxygen atoms in total. The zero-order chi connectivity index (χ0) is 34.7. The van der Waals surface area contributed by atoms with Gasteiger partial charge in [0.25, 0.3) is 0 Å². The van der Waals surface area contributed by atoms with Crippen molar-refractivity contribution in [2.24, 2.45) is 0 Å². The predicted octanol–water partition coefficient (Wildman–Crippen LogP) is 14.2. The van der Waals surface area contributed by atoms with Crippen molar-refractivity contribution in [3.63, 3.8) is 0 Å². The SMILES string of the molecule is c1ccc(N(c2ccc3c4c(ccc3c2)-c2cc3ccccc3cc2C42c3ccccc3-c3ccccc32)c2cccc3c2sc2ccccc23)cc1. The second-order valence-electron chi connectivity index (χ2n) is 14.4. The zero-order valence-electron chi connectivity index (χ0n) is 28.8. The van der Waals surface area contributed by atoms with Crippen molar-refractivity contribution >= 4 is 70.1 Å². The van der Waals surface area contributed by atoms with Gasteiger partial charge in [-0.1, -0.05) is 140 Å². The van der Waals surface area contributed by atoms with Gasteiger partial charge in [-0.3, -0.25) is 0 Å². The summed E-state index contributed by atoms with van der Waals surface area (Å²) >= 11 is 1.88. The molecule has 0 saturated heterocycles. The van der Waals surface area contributed by atoms with Crippen molar-refractivity contribution in [2.45, 2.75) is 5.41 Å². The third kappa shape index (κ3) is 3.86. The van der Waals surface area contributed by atoms with Crippen LogP contribution in [0.25, 0.3) is 64.0 Å². The Morgan fingerprint density at radius 1 is 0.377 bits per heavy atom. The molecule has 9 aromatic carbocycles. The summed E-state index contributed by atoms with van der Waals surface area (Å²) in [5.74, 6) is 0. The molecule has 1 heterocycles. The smallest absolute Gasteiger partial charge is 0.0731 e. The van der Waals surface area contributed by atoms with Gasteiger partial charge in [0.15, 0.2) is 0 Å². The van der Waals surface area contributed by atoms with Gasteiger partial charge >= 0.3 is 0 Å². The Bertz CT molecular complexity index is 3090. The molecule has 0 aliphatic heterocycles. The normalized spacial score (nSPS) is 13.4. The van der Waals surface area contributed by atoms with Crippen molar-refractivity contribution in [3.05, 3.63) is 210 Å². The molecule has 12 rings (SSSR count). The largest absolute Gasteiger partial charge is 0.309 e. The minimum atomic E-state index is -0.426. The number of hydrogen-bond acceptors (Lipinski definition) is 2. The van der Waals surface area contributed by atoms with Gasteiger partial charge in [0.2, 0.25) is 0 Å². The van der Waals surface area contributed by atoms with Crippen molar-refractivity contribution in [1.29, 1.82) is 0 Å². The van der Waals surface area contributed by atoms with E-state index in [1.807, 2.05) is 11.3 Å². The Morgan fingerprint density at radius 2 is 1.06 bits per heavy atom. The van der Waals surface area contributed by atoms with Gasteiger partial charge in [-0.25, -0.2) is 0 Å². The summed E-state index contributed by atoms with van der Waals surface area (Å²) in [6, 6.07) is 70.2. The van der Waals surface area contributed by atoms with Crippen LogP contribution in [-0.2, 0) is 5.41 Å². The number of fused-ring (bicyclic) bond motifs is 16. The predicted molar refractivity (Wildman–Crippen MR) is 225 cm³/mol. The Morgan fingerprint density at radius 3 is 1.87 bits per heavy atom. The number of rotatable bonds is 3. The minimum Gasteiger partial charge on any atom is -0.309 e. The topological polar surface area (TPSA) is 3.24 Å². The molecule has 0 saturated carbocycles. The van der Waals surface area contributed by atoms with Crippen LogP contribution < -0.4 is 4.90 Å². The summed E-state index contributed by atoms with van der Waals surface area (Å²) in [6.45, 7) is 0. The molecular formula is C51H31NS. The van der Waals surface area contributed by atoms with E-state index in [0.29, 0.717) is 0 Å². The van der Waals surface area contributed by atoms with E-state index in [4.69, 9.17) is 0 Å². The first-order valence-electron chi connectivity index (χ1n) is 18.3. The van der Waals surface area contributed by atoms with Crippen LogP contribution in [0.5, 0.6) is 0 Å². The number of benzene rings is 9. The van der Waals surface area contributed by atoms with E-state index in [-0.39, 0.29) is 0 Å². The van der Waals surface area contributed by atoms with Crippen LogP contribution in [0.15, 0.2) is 188 Å². The molecular weight excluding hydrogens is 659 g/mol. The Balaban J connectivity index is 1.15. The highest BCUT2D eigenvalue weighted by Gasteiger charge is 2.52. The van der Waals surface area contributed by atoms with E-state index in [1.165, 1.54) is 91.9 Å². The van der Waals surface area contributed by atoms with Gasteiger partial charge in [-0.15, -0.1) is 11.3 Å². The molecule has 0 fully saturated rings. The van der Waals surface area contributed by atoms with Crippen LogP contribution in [-0.4, -0.2) is 0 Å². The lowest BCUT2D eigenvalue weighted by molar-refractivity contribution is 0.802. The summed E-state index contributed by atoms with van der Waals surface area (Å²) in [6.07, 6.45) is 0. The summed E-state index contributed by atoms with van der Waals surface area (Å²) in [5.41, 5.74) is 13.9. The van der Waals surface area contributed by atoms with Crippen LogP contribution >= 0.6 is 11.3 Å². The van der Waals surface area contributed by atoms with Crippen molar-refractivity contribution in [1.82, 2.24) is 0 Å². The quantitative estimate of drug-likeness (QED) is 0.178. The first-order valence-corrected chi connectivity index (χ1v) is 19.2. The number of para-hydroxylation sites is 1.